The van der Waals surface area contributed by atoms with E-state index < -0.39 is 0 Å². The molecule has 0 N–H and O–H groups in total. The maximum absolute atomic E-state index is 5.34. The van der Waals surface area contributed by atoms with Crippen LogP contribution in [0.15, 0.2) is 30.5 Å². The fourth-order valence-corrected chi connectivity index (χ4v) is 3.72. The first-order chi connectivity index (χ1) is 12.0. The zero-order valence-electron chi connectivity index (χ0n) is 16.2. The predicted molar refractivity (Wildman–Crippen MR) is 105 cm³/mol. The summed E-state index contributed by atoms with van der Waals surface area (Å²) >= 11 is 0. The Morgan fingerprint density at radius 3 is 2.36 bits per heavy atom. The third-order valence-corrected chi connectivity index (χ3v) is 5.31. The van der Waals surface area contributed by atoms with Gasteiger partial charge in [-0.25, -0.2) is 4.98 Å². The summed E-state index contributed by atoms with van der Waals surface area (Å²) in [6, 6.07) is 8.50. The zero-order chi connectivity index (χ0) is 18.1. The van der Waals surface area contributed by atoms with Crippen molar-refractivity contribution in [2.75, 3.05) is 7.11 Å². The van der Waals surface area contributed by atoms with Crippen LogP contribution in [-0.2, 0) is 0 Å². The number of fused-ring (bicyclic) bond motifs is 1. The Hall–Kier alpha value is -2.29. The van der Waals surface area contributed by atoms with Crippen LogP contribution < -0.4 is 4.74 Å². The van der Waals surface area contributed by atoms with E-state index in [1.54, 1.807) is 7.11 Å². The third kappa shape index (κ3) is 3.04. The minimum Gasteiger partial charge on any atom is -0.497 e. The van der Waals surface area contributed by atoms with E-state index >= 15 is 0 Å². The van der Waals surface area contributed by atoms with Gasteiger partial charge >= 0.3 is 0 Å². The number of pyridine rings is 1. The summed E-state index contributed by atoms with van der Waals surface area (Å²) in [6.45, 7) is 11.0. The Balaban J connectivity index is 2.19. The highest BCUT2D eigenvalue weighted by Gasteiger charge is 2.16. The van der Waals surface area contributed by atoms with E-state index in [4.69, 9.17) is 9.72 Å². The topological polar surface area (TPSA) is 26.5 Å². The third-order valence-electron chi connectivity index (χ3n) is 5.31. The molecule has 0 aliphatic rings. The molecule has 0 amide bonds. The molecular formula is C22H28N2O. The van der Waals surface area contributed by atoms with Gasteiger partial charge in [-0.2, -0.15) is 0 Å². The maximum Gasteiger partial charge on any atom is 0.140 e. The molecule has 0 aliphatic carbocycles. The predicted octanol–water partition coefficient (Wildman–Crippen LogP) is 5.84. The molecule has 0 fully saturated rings. The molecule has 3 heteroatoms. The van der Waals surface area contributed by atoms with Gasteiger partial charge in [0.2, 0.25) is 0 Å². The summed E-state index contributed by atoms with van der Waals surface area (Å²) in [5.74, 6) is 1.49. The summed E-state index contributed by atoms with van der Waals surface area (Å²) in [5, 5.41) is 0. The highest BCUT2D eigenvalue weighted by molar-refractivity contribution is 5.71. The number of hydrogen-bond acceptors (Lipinski definition) is 2. The lowest BCUT2D eigenvalue weighted by Gasteiger charge is -2.14. The summed E-state index contributed by atoms with van der Waals surface area (Å²) in [5.41, 5.74) is 8.31. The molecule has 25 heavy (non-hydrogen) atoms. The lowest BCUT2D eigenvalue weighted by atomic mass is 9.94. The number of aromatic nitrogens is 2. The van der Waals surface area contributed by atoms with Gasteiger partial charge in [-0.05, 0) is 74.4 Å². The summed E-state index contributed by atoms with van der Waals surface area (Å²) in [7, 11) is 1.70. The number of benzene rings is 1. The van der Waals surface area contributed by atoms with Gasteiger partial charge in [0.25, 0.3) is 0 Å². The van der Waals surface area contributed by atoms with Crippen molar-refractivity contribution in [3.8, 4) is 17.0 Å². The van der Waals surface area contributed by atoms with E-state index in [9.17, 15) is 0 Å². The van der Waals surface area contributed by atoms with Crippen LogP contribution in [0.3, 0.4) is 0 Å². The molecular weight excluding hydrogens is 308 g/mol. The normalized spacial score (nSPS) is 11.5. The van der Waals surface area contributed by atoms with Gasteiger partial charge in [0.05, 0.1) is 12.8 Å². The summed E-state index contributed by atoms with van der Waals surface area (Å²) in [4.78, 5) is 4.97. The van der Waals surface area contributed by atoms with Crippen molar-refractivity contribution >= 4 is 5.65 Å². The number of imidazole rings is 1. The molecule has 3 aromatic rings. The Labute approximate surface area is 150 Å². The van der Waals surface area contributed by atoms with Crippen LogP contribution in [-0.4, -0.2) is 16.5 Å². The standard InChI is InChI=1S/C22H28N2O/c1-7-17(8-2)18-11-15(4)22-23-21(16(5)24(22)13-18)20-10-9-19(25-6)12-14(20)3/h9-13,17H,7-8H2,1-6H3. The fourth-order valence-electron chi connectivity index (χ4n) is 3.72. The van der Waals surface area contributed by atoms with E-state index in [0.717, 1.165) is 17.1 Å². The van der Waals surface area contributed by atoms with Crippen molar-refractivity contribution in [2.24, 2.45) is 0 Å². The molecule has 0 unspecified atom stereocenters. The average Bonchev–Trinajstić information content (AvgIpc) is 2.93. The minimum absolute atomic E-state index is 0.607. The average molecular weight is 336 g/mol. The van der Waals surface area contributed by atoms with Gasteiger partial charge in [-0.1, -0.05) is 19.9 Å². The molecule has 0 saturated carbocycles. The first kappa shape index (κ1) is 17.5. The Bertz CT molecular complexity index is 904. The molecule has 1 aromatic carbocycles. The molecule has 0 radical (unpaired) electrons. The molecule has 0 atom stereocenters. The van der Waals surface area contributed by atoms with Gasteiger partial charge < -0.3 is 9.14 Å². The van der Waals surface area contributed by atoms with E-state index in [2.05, 4.69) is 63.4 Å². The van der Waals surface area contributed by atoms with Crippen molar-refractivity contribution in [2.45, 2.75) is 53.4 Å². The number of hydrogen-bond donors (Lipinski definition) is 0. The number of rotatable bonds is 5. The highest BCUT2D eigenvalue weighted by Crippen LogP contribution is 2.32. The molecule has 0 bridgehead atoms. The van der Waals surface area contributed by atoms with Crippen molar-refractivity contribution in [1.29, 1.82) is 0 Å². The molecule has 0 aliphatic heterocycles. The lowest BCUT2D eigenvalue weighted by Crippen LogP contribution is -2.00. The molecule has 3 rings (SSSR count). The van der Waals surface area contributed by atoms with Crippen LogP contribution in [0.2, 0.25) is 0 Å². The van der Waals surface area contributed by atoms with E-state index in [0.29, 0.717) is 5.92 Å². The highest BCUT2D eigenvalue weighted by atomic mass is 16.5. The molecule has 0 saturated heterocycles. The smallest absolute Gasteiger partial charge is 0.140 e. The fraction of sp³-hybridized carbons (Fsp3) is 0.409. The van der Waals surface area contributed by atoms with E-state index in [-0.39, 0.29) is 0 Å². The van der Waals surface area contributed by atoms with E-state index in [1.165, 1.54) is 40.8 Å². The Morgan fingerprint density at radius 2 is 1.76 bits per heavy atom. The maximum atomic E-state index is 5.34. The second-order valence-corrected chi connectivity index (χ2v) is 6.89. The first-order valence-corrected chi connectivity index (χ1v) is 9.14. The van der Waals surface area contributed by atoms with Crippen molar-refractivity contribution in [3.63, 3.8) is 0 Å². The second kappa shape index (κ2) is 6.91. The van der Waals surface area contributed by atoms with Crippen LogP contribution >= 0.6 is 0 Å². The van der Waals surface area contributed by atoms with Crippen LogP contribution in [0.1, 0.15) is 55.0 Å². The lowest BCUT2D eigenvalue weighted by molar-refractivity contribution is 0.414. The SMILES string of the molecule is CCC(CC)c1cc(C)c2nc(-c3ccc(OC)cc3C)c(C)n2c1. The summed E-state index contributed by atoms with van der Waals surface area (Å²) < 4.78 is 7.60. The molecule has 3 nitrogen and oxygen atoms in total. The minimum atomic E-state index is 0.607. The van der Waals surface area contributed by atoms with Gasteiger partial charge in [0, 0.05) is 17.5 Å². The number of aryl methyl sites for hydroxylation is 3. The molecule has 0 spiro atoms. The number of nitrogens with zero attached hydrogens (tertiary/aromatic N) is 2. The van der Waals surface area contributed by atoms with Gasteiger partial charge in [-0.15, -0.1) is 0 Å². The van der Waals surface area contributed by atoms with Crippen LogP contribution in [0, 0.1) is 20.8 Å². The summed E-state index contributed by atoms with van der Waals surface area (Å²) in [6.07, 6.45) is 4.62. The second-order valence-electron chi connectivity index (χ2n) is 6.89. The largest absolute Gasteiger partial charge is 0.497 e. The molecule has 2 heterocycles. The number of ether oxygens (including phenoxy) is 1. The first-order valence-electron chi connectivity index (χ1n) is 9.14. The van der Waals surface area contributed by atoms with Crippen molar-refractivity contribution < 1.29 is 4.74 Å². The van der Waals surface area contributed by atoms with Crippen LogP contribution in [0.4, 0.5) is 0 Å². The van der Waals surface area contributed by atoms with E-state index in [1.807, 2.05) is 6.07 Å². The molecule has 132 valence electrons. The quantitative estimate of drug-likeness (QED) is 0.585. The molecule has 2 aromatic heterocycles. The van der Waals surface area contributed by atoms with Gasteiger partial charge in [0.1, 0.15) is 11.4 Å². The van der Waals surface area contributed by atoms with Crippen molar-refractivity contribution in [1.82, 2.24) is 9.38 Å². The Morgan fingerprint density at radius 1 is 1.04 bits per heavy atom. The monoisotopic (exact) mass is 336 g/mol. The number of methoxy groups -OCH3 is 1. The van der Waals surface area contributed by atoms with Crippen LogP contribution in [0.25, 0.3) is 16.9 Å². The van der Waals surface area contributed by atoms with Crippen molar-refractivity contribution in [3.05, 3.63) is 52.8 Å². The zero-order valence-corrected chi connectivity index (χ0v) is 16.2. The van der Waals surface area contributed by atoms with Crippen LogP contribution in [0.5, 0.6) is 5.75 Å². The Kier molecular flexibility index (Phi) is 4.85. The van der Waals surface area contributed by atoms with Gasteiger partial charge in [0.15, 0.2) is 0 Å². The van der Waals surface area contributed by atoms with Gasteiger partial charge in [-0.3, -0.25) is 0 Å².